The van der Waals surface area contributed by atoms with Gasteiger partial charge in [0.1, 0.15) is 0 Å². The van der Waals surface area contributed by atoms with E-state index in [0.717, 1.165) is 12.0 Å². The zero-order chi connectivity index (χ0) is 24.2. The smallest absolute Gasteiger partial charge is 0.255 e. The Morgan fingerprint density at radius 2 is 1.73 bits per heavy atom. The Balaban J connectivity index is 1.76. The molecule has 1 heterocycles. The van der Waals surface area contributed by atoms with Gasteiger partial charge in [-0.3, -0.25) is 9.59 Å². The molecular formula is C25H33N3O4S. The molecule has 1 saturated heterocycles. The molecule has 3 rings (SSSR count). The average Bonchev–Trinajstić information content (AvgIpc) is 2.77. The first-order chi connectivity index (χ1) is 15.6. The van der Waals surface area contributed by atoms with E-state index in [9.17, 15) is 18.0 Å². The lowest BCUT2D eigenvalue weighted by molar-refractivity contribution is -0.129. The van der Waals surface area contributed by atoms with Gasteiger partial charge in [-0.1, -0.05) is 32.0 Å². The number of anilines is 1. The minimum Gasteiger partial charge on any atom is -0.339 e. The summed E-state index contributed by atoms with van der Waals surface area (Å²) in [4.78, 5) is 26.4. The van der Waals surface area contributed by atoms with E-state index in [1.807, 2.05) is 25.1 Å². The van der Waals surface area contributed by atoms with E-state index >= 15 is 0 Å². The lowest BCUT2D eigenvalue weighted by Gasteiger charge is -2.34. The molecule has 1 fully saturated rings. The van der Waals surface area contributed by atoms with E-state index in [4.69, 9.17) is 0 Å². The maximum atomic E-state index is 13.2. The zero-order valence-corrected chi connectivity index (χ0v) is 20.6. The Morgan fingerprint density at radius 3 is 2.36 bits per heavy atom. The molecule has 0 spiro atoms. The molecule has 1 N–H and O–H groups in total. The fourth-order valence-corrected chi connectivity index (χ4v) is 6.09. The number of rotatable bonds is 7. The van der Waals surface area contributed by atoms with Crippen molar-refractivity contribution in [1.82, 2.24) is 9.21 Å². The van der Waals surface area contributed by atoms with Crippen molar-refractivity contribution in [3.05, 3.63) is 59.7 Å². The molecule has 7 nitrogen and oxygen atoms in total. The minimum absolute atomic E-state index is 0.0116. The number of sulfonamides is 1. The molecule has 2 aromatic carbocycles. The van der Waals surface area contributed by atoms with Crippen molar-refractivity contribution < 1.29 is 18.0 Å². The Labute approximate surface area is 196 Å². The Morgan fingerprint density at radius 1 is 1.06 bits per heavy atom. The van der Waals surface area contributed by atoms with Crippen LogP contribution in [0.25, 0.3) is 0 Å². The van der Waals surface area contributed by atoms with Gasteiger partial charge in [0, 0.05) is 44.4 Å². The van der Waals surface area contributed by atoms with E-state index in [0.29, 0.717) is 43.7 Å². The highest BCUT2D eigenvalue weighted by atomic mass is 32.2. The number of hydrogen-bond acceptors (Lipinski definition) is 4. The maximum absolute atomic E-state index is 13.2. The normalized spacial score (nSPS) is 19.2. The first kappa shape index (κ1) is 24.9. The van der Waals surface area contributed by atoms with Crippen LogP contribution in [0, 0.1) is 11.8 Å². The molecule has 2 atom stereocenters. The number of hydrogen-bond donors (Lipinski definition) is 1. The van der Waals surface area contributed by atoms with Gasteiger partial charge in [0.15, 0.2) is 0 Å². The van der Waals surface area contributed by atoms with Gasteiger partial charge in [0.2, 0.25) is 15.9 Å². The topological polar surface area (TPSA) is 86.8 Å². The molecular weight excluding hydrogens is 438 g/mol. The highest BCUT2D eigenvalue weighted by Crippen LogP contribution is 2.27. The summed E-state index contributed by atoms with van der Waals surface area (Å²) < 4.78 is 27.9. The summed E-state index contributed by atoms with van der Waals surface area (Å²) in [6.45, 7) is 9.60. The van der Waals surface area contributed by atoms with Crippen molar-refractivity contribution >= 4 is 27.5 Å². The predicted molar refractivity (Wildman–Crippen MR) is 129 cm³/mol. The average molecular weight is 472 g/mol. The third-order valence-corrected chi connectivity index (χ3v) is 7.78. The molecule has 0 radical (unpaired) electrons. The molecule has 0 bridgehead atoms. The Bertz CT molecular complexity index is 1110. The van der Waals surface area contributed by atoms with Crippen LogP contribution in [0.2, 0.25) is 0 Å². The molecule has 1 aliphatic rings. The van der Waals surface area contributed by atoms with Crippen LogP contribution in [0.5, 0.6) is 0 Å². The van der Waals surface area contributed by atoms with Gasteiger partial charge in [-0.05, 0) is 61.1 Å². The third-order valence-electron chi connectivity index (χ3n) is 5.95. The Kier molecular flexibility index (Phi) is 7.92. The number of piperidine rings is 1. The highest BCUT2D eigenvalue weighted by molar-refractivity contribution is 7.89. The molecule has 0 saturated carbocycles. The van der Waals surface area contributed by atoms with Crippen molar-refractivity contribution in [1.29, 1.82) is 0 Å². The van der Waals surface area contributed by atoms with Crippen LogP contribution >= 0.6 is 0 Å². The maximum Gasteiger partial charge on any atom is 0.255 e. The van der Waals surface area contributed by atoms with Gasteiger partial charge >= 0.3 is 0 Å². The summed E-state index contributed by atoms with van der Waals surface area (Å²) in [6, 6.07) is 13.5. The summed E-state index contributed by atoms with van der Waals surface area (Å²) in [5.41, 5.74) is 1.76. The fraction of sp³-hybridized carbons (Fsp3) is 0.440. The monoisotopic (exact) mass is 471 g/mol. The van der Waals surface area contributed by atoms with Crippen LogP contribution in [0.15, 0.2) is 53.4 Å². The van der Waals surface area contributed by atoms with E-state index < -0.39 is 10.0 Å². The van der Waals surface area contributed by atoms with E-state index in [-0.39, 0.29) is 22.3 Å². The summed E-state index contributed by atoms with van der Waals surface area (Å²) >= 11 is 0. The number of benzene rings is 2. The summed E-state index contributed by atoms with van der Waals surface area (Å²) in [5.74, 6) is 0.203. The van der Waals surface area contributed by atoms with Gasteiger partial charge < -0.3 is 10.2 Å². The molecule has 2 amide bonds. The molecule has 33 heavy (non-hydrogen) atoms. The minimum atomic E-state index is -3.67. The molecule has 8 heteroatoms. The van der Waals surface area contributed by atoms with E-state index in [1.54, 1.807) is 23.1 Å². The SMILES string of the molecule is CCN(Cc1cccc(NC(=O)c2cccc(S(=O)(=O)N3CC(C)CC(C)C3)c2)c1)C(C)=O. The van der Waals surface area contributed by atoms with Crippen molar-refractivity contribution in [2.45, 2.75) is 45.6 Å². The summed E-state index contributed by atoms with van der Waals surface area (Å²) in [5, 5.41) is 2.84. The zero-order valence-electron chi connectivity index (χ0n) is 19.7. The van der Waals surface area contributed by atoms with Crippen LogP contribution in [-0.2, 0) is 21.4 Å². The Hall–Kier alpha value is -2.71. The fourth-order valence-electron chi connectivity index (χ4n) is 4.37. The van der Waals surface area contributed by atoms with Crippen molar-refractivity contribution in [3.63, 3.8) is 0 Å². The first-order valence-electron chi connectivity index (χ1n) is 11.4. The number of amides is 2. The van der Waals surface area contributed by atoms with Crippen molar-refractivity contribution in [2.24, 2.45) is 11.8 Å². The van der Waals surface area contributed by atoms with Gasteiger partial charge in [0.25, 0.3) is 5.91 Å². The molecule has 178 valence electrons. The highest BCUT2D eigenvalue weighted by Gasteiger charge is 2.32. The second-order valence-electron chi connectivity index (χ2n) is 8.98. The molecule has 1 aliphatic heterocycles. The van der Waals surface area contributed by atoms with Crippen LogP contribution in [0.4, 0.5) is 5.69 Å². The van der Waals surface area contributed by atoms with Crippen LogP contribution in [0.1, 0.15) is 50.0 Å². The number of carbonyl (C=O) groups excluding carboxylic acids is 2. The van der Waals surface area contributed by atoms with E-state index in [2.05, 4.69) is 19.2 Å². The number of nitrogens with zero attached hydrogens (tertiary/aromatic N) is 2. The number of carbonyl (C=O) groups is 2. The van der Waals surface area contributed by atoms with Crippen LogP contribution in [-0.4, -0.2) is 49.1 Å². The van der Waals surface area contributed by atoms with E-state index in [1.165, 1.54) is 23.4 Å². The first-order valence-corrected chi connectivity index (χ1v) is 12.8. The summed E-state index contributed by atoms with van der Waals surface area (Å²) in [7, 11) is -3.67. The second kappa shape index (κ2) is 10.5. The largest absolute Gasteiger partial charge is 0.339 e. The lowest BCUT2D eigenvalue weighted by Crippen LogP contribution is -2.42. The number of nitrogens with one attached hydrogen (secondary N) is 1. The van der Waals surface area contributed by atoms with Gasteiger partial charge in [-0.15, -0.1) is 0 Å². The van der Waals surface area contributed by atoms with Gasteiger partial charge in [-0.2, -0.15) is 4.31 Å². The van der Waals surface area contributed by atoms with Crippen molar-refractivity contribution in [3.8, 4) is 0 Å². The van der Waals surface area contributed by atoms with Crippen LogP contribution in [0.3, 0.4) is 0 Å². The molecule has 0 aliphatic carbocycles. The van der Waals surface area contributed by atoms with Crippen molar-refractivity contribution in [2.75, 3.05) is 25.0 Å². The standard InChI is InChI=1S/C25H33N3O4S/c1-5-27(20(4)29)17-21-8-6-10-23(13-21)26-25(30)22-9-7-11-24(14-22)33(31,32)28-15-18(2)12-19(3)16-28/h6-11,13-14,18-19H,5,12,15-17H2,1-4H3,(H,26,30). The molecule has 2 unspecified atom stereocenters. The van der Waals surface area contributed by atoms with Gasteiger partial charge in [-0.25, -0.2) is 8.42 Å². The van der Waals surface area contributed by atoms with Crippen LogP contribution < -0.4 is 5.32 Å². The lowest BCUT2D eigenvalue weighted by atomic mass is 9.94. The molecule has 2 aromatic rings. The molecule has 0 aromatic heterocycles. The third kappa shape index (κ3) is 6.21. The predicted octanol–water partition coefficient (Wildman–Crippen LogP) is 3.97. The summed E-state index contributed by atoms with van der Waals surface area (Å²) in [6.07, 6.45) is 1.01. The van der Waals surface area contributed by atoms with Gasteiger partial charge in [0.05, 0.1) is 4.90 Å². The quantitative estimate of drug-likeness (QED) is 0.662. The second-order valence-corrected chi connectivity index (χ2v) is 10.9.